The van der Waals surface area contributed by atoms with Crippen LogP contribution in [0.4, 0.5) is 0 Å². The standard InChI is InChI=1S/C10H18N2O2/c1-7(8(2)11)10(13)12-9-3-5-14-6-4-9/h9H,3-6,11H2,1-2H3,(H,12,13). The van der Waals surface area contributed by atoms with Gasteiger partial charge >= 0.3 is 0 Å². The fourth-order valence-electron chi connectivity index (χ4n) is 1.31. The summed E-state index contributed by atoms with van der Waals surface area (Å²) in [5, 5.41) is 2.94. The Morgan fingerprint density at radius 3 is 2.43 bits per heavy atom. The van der Waals surface area contributed by atoms with E-state index in [9.17, 15) is 4.79 Å². The lowest BCUT2D eigenvalue weighted by Crippen LogP contribution is -2.39. The lowest BCUT2D eigenvalue weighted by molar-refractivity contribution is -0.118. The monoisotopic (exact) mass is 198 g/mol. The molecule has 4 heteroatoms. The minimum absolute atomic E-state index is 0.0584. The van der Waals surface area contributed by atoms with Gasteiger partial charge in [-0.05, 0) is 26.7 Å². The third kappa shape index (κ3) is 3.03. The minimum atomic E-state index is -0.0584. The molecular weight excluding hydrogens is 180 g/mol. The van der Waals surface area contributed by atoms with Crippen LogP contribution in [0.1, 0.15) is 26.7 Å². The van der Waals surface area contributed by atoms with Crippen LogP contribution < -0.4 is 11.1 Å². The van der Waals surface area contributed by atoms with Crippen LogP contribution in [0.5, 0.6) is 0 Å². The predicted molar refractivity (Wildman–Crippen MR) is 54.5 cm³/mol. The van der Waals surface area contributed by atoms with E-state index in [-0.39, 0.29) is 11.9 Å². The van der Waals surface area contributed by atoms with Crippen molar-refractivity contribution in [2.75, 3.05) is 13.2 Å². The molecule has 0 atom stereocenters. The van der Waals surface area contributed by atoms with Gasteiger partial charge in [0.2, 0.25) is 5.91 Å². The van der Waals surface area contributed by atoms with Crippen molar-refractivity contribution in [3.63, 3.8) is 0 Å². The third-order valence-electron chi connectivity index (χ3n) is 2.49. The highest BCUT2D eigenvalue weighted by Gasteiger charge is 2.16. The molecule has 1 aliphatic heterocycles. The summed E-state index contributed by atoms with van der Waals surface area (Å²) in [5.41, 5.74) is 6.72. The summed E-state index contributed by atoms with van der Waals surface area (Å²) >= 11 is 0. The van der Waals surface area contributed by atoms with Gasteiger partial charge < -0.3 is 15.8 Å². The van der Waals surface area contributed by atoms with Gasteiger partial charge in [0.25, 0.3) is 0 Å². The second-order valence-corrected chi connectivity index (χ2v) is 3.67. The summed E-state index contributed by atoms with van der Waals surface area (Å²) in [4.78, 5) is 11.6. The molecule has 0 saturated carbocycles. The molecule has 1 rings (SSSR count). The van der Waals surface area contributed by atoms with Gasteiger partial charge in [-0.15, -0.1) is 0 Å². The van der Waals surface area contributed by atoms with Crippen LogP contribution in [0.25, 0.3) is 0 Å². The summed E-state index contributed by atoms with van der Waals surface area (Å²) < 4.78 is 5.20. The molecule has 0 unspecified atom stereocenters. The lowest BCUT2D eigenvalue weighted by Gasteiger charge is -2.23. The van der Waals surface area contributed by atoms with Crippen LogP contribution in [-0.2, 0) is 9.53 Å². The van der Waals surface area contributed by atoms with Gasteiger partial charge in [-0.2, -0.15) is 0 Å². The highest BCUT2D eigenvalue weighted by atomic mass is 16.5. The summed E-state index contributed by atoms with van der Waals surface area (Å²) in [6.07, 6.45) is 1.78. The normalized spacial score (nSPS) is 20.1. The van der Waals surface area contributed by atoms with Crippen molar-refractivity contribution >= 4 is 5.91 Å². The SMILES string of the molecule is CC(N)=C(C)C(=O)NC1CCOCC1. The first kappa shape index (κ1) is 11.0. The maximum absolute atomic E-state index is 11.6. The summed E-state index contributed by atoms with van der Waals surface area (Å²) in [6, 6.07) is 0.241. The molecular formula is C10H18N2O2. The largest absolute Gasteiger partial charge is 0.402 e. The summed E-state index contributed by atoms with van der Waals surface area (Å²) in [5.74, 6) is -0.0584. The molecule has 1 aliphatic rings. The van der Waals surface area contributed by atoms with E-state index in [0.717, 1.165) is 26.1 Å². The number of hydrogen-bond acceptors (Lipinski definition) is 3. The molecule has 1 saturated heterocycles. The molecule has 1 fully saturated rings. The number of nitrogens with one attached hydrogen (secondary N) is 1. The lowest BCUT2D eigenvalue weighted by atomic mass is 10.1. The van der Waals surface area contributed by atoms with E-state index >= 15 is 0 Å². The molecule has 80 valence electrons. The first-order valence-electron chi connectivity index (χ1n) is 4.93. The molecule has 0 bridgehead atoms. The van der Waals surface area contributed by atoms with Crippen LogP contribution >= 0.6 is 0 Å². The topological polar surface area (TPSA) is 64.4 Å². The van der Waals surface area contributed by atoms with E-state index < -0.39 is 0 Å². The Hall–Kier alpha value is -1.03. The second-order valence-electron chi connectivity index (χ2n) is 3.67. The van der Waals surface area contributed by atoms with E-state index in [1.165, 1.54) is 0 Å². The zero-order valence-electron chi connectivity index (χ0n) is 8.80. The number of allylic oxidation sites excluding steroid dienone is 1. The number of rotatable bonds is 2. The number of amides is 1. The van der Waals surface area contributed by atoms with E-state index in [2.05, 4.69) is 5.32 Å². The summed E-state index contributed by atoms with van der Waals surface area (Å²) in [6.45, 7) is 4.94. The fraction of sp³-hybridized carbons (Fsp3) is 0.700. The van der Waals surface area contributed by atoms with Crippen molar-refractivity contribution in [1.82, 2.24) is 5.32 Å². The number of ether oxygens (including phenoxy) is 1. The zero-order valence-corrected chi connectivity index (χ0v) is 8.80. The van der Waals surface area contributed by atoms with Gasteiger partial charge in [0.1, 0.15) is 0 Å². The van der Waals surface area contributed by atoms with E-state index in [1.807, 2.05) is 0 Å². The fourth-order valence-corrected chi connectivity index (χ4v) is 1.31. The molecule has 1 amide bonds. The van der Waals surface area contributed by atoms with Crippen LogP contribution in [0.3, 0.4) is 0 Å². The second kappa shape index (κ2) is 5.00. The Labute approximate surface area is 84.5 Å². The summed E-state index contributed by atoms with van der Waals surface area (Å²) in [7, 11) is 0. The van der Waals surface area contributed by atoms with Crippen LogP contribution in [0.2, 0.25) is 0 Å². The van der Waals surface area contributed by atoms with Crippen molar-refractivity contribution in [3.8, 4) is 0 Å². The maximum Gasteiger partial charge on any atom is 0.248 e. The van der Waals surface area contributed by atoms with Crippen molar-refractivity contribution in [2.24, 2.45) is 5.73 Å². The Bertz CT molecular complexity index is 239. The molecule has 0 aliphatic carbocycles. The highest BCUT2D eigenvalue weighted by Crippen LogP contribution is 2.07. The van der Waals surface area contributed by atoms with Gasteiger partial charge in [0.05, 0.1) is 0 Å². The molecule has 3 N–H and O–H groups in total. The van der Waals surface area contributed by atoms with E-state index in [4.69, 9.17) is 10.5 Å². The van der Waals surface area contributed by atoms with Crippen molar-refractivity contribution in [2.45, 2.75) is 32.7 Å². The van der Waals surface area contributed by atoms with Crippen LogP contribution in [-0.4, -0.2) is 25.2 Å². The number of carbonyl (C=O) groups is 1. The minimum Gasteiger partial charge on any atom is -0.402 e. The number of carbonyl (C=O) groups excluding carboxylic acids is 1. The first-order chi connectivity index (χ1) is 6.61. The maximum atomic E-state index is 11.6. The highest BCUT2D eigenvalue weighted by molar-refractivity contribution is 5.93. The number of nitrogens with two attached hydrogens (primary N) is 1. The Kier molecular flexibility index (Phi) is 3.95. The van der Waals surface area contributed by atoms with Gasteiger partial charge in [0, 0.05) is 30.5 Å². The van der Waals surface area contributed by atoms with Crippen molar-refractivity contribution < 1.29 is 9.53 Å². The van der Waals surface area contributed by atoms with Gasteiger partial charge in [-0.1, -0.05) is 0 Å². The molecule has 0 aromatic rings. The van der Waals surface area contributed by atoms with Gasteiger partial charge in [-0.3, -0.25) is 4.79 Å². The van der Waals surface area contributed by atoms with Crippen molar-refractivity contribution in [3.05, 3.63) is 11.3 Å². The number of hydrogen-bond donors (Lipinski definition) is 2. The average Bonchev–Trinajstić information content (AvgIpc) is 2.18. The molecule has 0 spiro atoms. The zero-order chi connectivity index (χ0) is 10.6. The molecule has 0 aromatic heterocycles. The van der Waals surface area contributed by atoms with Gasteiger partial charge in [0.15, 0.2) is 0 Å². The molecule has 4 nitrogen and oxygen atoms in total. The van der Waals surface area contributed by atoms with Gasteiger partial charge in [-0.25, -0.2) is 0 Å². The van der Waals surface area contributed by atoms with Crippen molar-refractivity contribution in [1.29, 1.82) is 0 Å². The third-order valence-corrected chi connectivity index (χ3v) is 2.49. The molecule has 14 heavy (non-hydrogen) atoms. The molecule has 0 aromatic carbocycles. The van der Waals surface area contributed by atoms with E-state index in [1.54, 1.807) is 13.8 Å². The predicted octanol–water partition coefficient (Wildman–Crippen LogP) is 0.534. The average molecular weight is 198 g/mol. The quantitative estimate of drug-likeness (QED) is 0.636. The Balaban J connectivity index is 2.43. The molecule has 1 heterocycles. The Morgan fingerprint density at radius 2 is 1.93 bits per heavy atom. The van der Waals surface area contributed by atoms with Crippen LogP contribution in [0.15, 0.2) is 11.3 Å². The van der Waals surface area contributed by atoms with E-state index in [0.29, 0.717) is 11.3 Å². The smallest absolute Gasteiger partial charge is 0.248 e. The molecule has 0 radical (unpaired) electrons. The Morgan fingerprint density at radius 1 is 1.36 bits per heavy atom. The van der Waals surface area contributed by atoms with Crippen LogP contribution in [0, 0.1) is 0 Å². The first-order valence-corrected chi connectivity index (χ1v) is 4.93.